The molecule has 0 radical (unpaired) electrons. The molecule has 0 bridgehead atoms. The van der Waals surface area contributed by atoms with Gasteiger partial charge in [0, 0.05) is 38.4 Å². The molecule has 0 unspecified atom stereocenters. The van der Waals surface area contributed by atoms with Crippen molar-refractivity contribution in [1.29, 1.82) is 0 Å². The fourth-order valence-electron chi connectivity index (χ4n) is 2.89. The van der Waals surface area contributed by atoms with Crippen LogP contribution < -0.4 is 4.90 Å². The van der Waals surface area contributed by atoms with Crippen LogP contribution in [0, 0.1) is 0 Å². The van der Waals surface area contributed by atoms with E-state index in [2.05, 4.69) is 40.1 Å². The van der Waals surface area contributed by atoms with Crippen molar-refractivity contribution in [2.45, 2.75) is 13.0 Å². The Morgan fingerprint density at radius 3 is 2.33 bits per heavy atom. The summed E-state index contributed by atoms with van der Waals surface area (Å²) in [6.07, 6.45) is 1.17. The first-order valence-corrected chi connectivity index (χ1v) is 7.61. The van der Waals surface area contributed by atoms with Gasteiger partial charge in [0.2, 0.25) is 0 Å². The molecule has 0 amide bonds. The fourth-order valence-corrected chi connectivity index (χ4v) is 2.89. The van der Waals surface area contributed by atoms with Crippen molar-refractivity contribution < 1.29 is 5.11 Å². The summed E-state index contributed by atoms with van der Waals surface area (Å²) in [5.41, 5.74) is 2.59. The van der Waals surface area contributed by atoms with Gasteiger partial charge in [-0.2, -0.15) is 0 Å². The van der Waals surface area contributed by atoms with Gasteiger partial charge in [-0.3, -0.25) is 4.90 Å². The third-order valence-electron chi connectivity index (χ3n) is 4.05. The lowest BCUT2D eigenvalue weighted by atomic mass is 10.2. The molecule has 2 aromatic rings. The van der Waals surface area contributed by atoms with E-state index in [1.54, 1.807) is 12.1 Å². The van der Waals surface area contributed by atoms with Gasteiger partial charge in [0.05, 0.1) is 0 Å². The van der Waals surface area contributed by atoms with Crippen LogP contribution in [0.5, 0.6) is 5.75 Å². The van der Waals surface area contributed by atoms with Gasteiger partial charge in [0.15, 0.2) is 0 Å². The number of phenols is 1. The Labute approximate surface area is 126 Å². The molecule has 0 aromatic heterocycles. The van der Waals surface area contributed by atoms with Gasteiger partial charge in [0.1, 0.15) is 5.75 Å². The first-order valence-electron chi connectivity index (χ1n) is 7.61. The van der Waals surface area contributed by atoms with Crippen LogP contribution in [0.2, 0.25) is 0 Å². The Morgan fingerprint density at radius 2 is 1.57 bits per heavy atom. The topological polar surface area (TPSA) is 26.7 Å². The Hall–Kier alpha value is -2.00. The highest BCUT2D eigenvalue weighted by Gasteiger charge is 2.15. The van der Waals surface area contributed by atoms with Crippen LogP contribution in [-0.2, 0) is 6.54 Å². The second-order valence-corrected chi connectivity index (χ2v) is 5.62. The van der Waals surface area contributed by atoms with E-state index in [0.717, 1.165) is 32.7 Å². The first kappa shape index (κ1) is 14.0. The zero-order valence-electron chi connectivity index (χ0n) is 12.3. The predicted molar refractivity (Wildman–Crippen MR) is 86.7 cm³/mol. The molecule has 3 rings (SSSR count). The van der Waals surface area contributed by atoms with Crippen LogP contribution in [0.15, 0.2) is 54.6 Å². The quantitative estimate of drug-likeness (QED) is 0.937. The molecule has 0 saturated carbocycles. The summed E-state index contributed by atoms with van der Waals surface area (Å²) in [5, 5.41) is 9.39. The summed E-state index contributed by atoms with van der Waals surface area (Å²) >= 11 is 0. The Kier molecular flexibility index (Phi) is 4.41. The third-order valence-corrected chi connectivity index (χ3v) is 4.05. The molecular weight excluding hydrogens is 260 g/mol. The van der Waals surface area contributed by atoms with Crippen LogP contribution in [0.1, 0.15) is 12.0 Å². The monoisotopic (exact) mass is 282 g/mol. The molecule has 1 fully saturated rings. The molecule has 110 valence electrons. The molecule has 1 saturated heterocycles. The van der Waals surface area contributed by atoms with Gasteiger partial charge in [-0.1, -0.05) is 30.3 Å². The lowest BCUT2D eigenvalue weighted by Gasteiger charge is -2.23. The SMILES string of the molecule is Oc1ccc(N2CCCN(Cc3ccccc3)CC2)cc1. The van der Waals surface area contributed by atoms with Crippen LogP contribution in [0.4, 0.5) is 5.69 Å². The van der Waals surface area contributed by atoms with Crippen molar-refractivity contribution in [2.24, 2.45) is 0 Å². The van der Waals surface area contributed by atoms with Gasteiger partial charge in [0.25, 0.3) is 0 Å². The second kappa shape index (κ2) is 6.64. The fraction of sp³-hybridized carbons (Fsp3) is 0.333. The maximum atomic E-state index is 9.39. The van der Waals surface area contributed by atoms with E-state index < -0.39 is 0 Å². The molecule has 2 aromatic carbocycles. The second-order valence-electron chi connectivity index (χ2n) is 5.62. The van der Waals surface area contributed by atoms with Crippen LogP contribution in [0.3, 0.4) is 0 Å². The minimum absolute atomic E-state index is 0.333. The maximum absolute atomic E-state index is 9.39. The molecule has 21 heavy (non-hydrogen) atoms. The van der Waals surface area contributed by atoms with Crippen molar-refractivity contribution in [2.75, 3.05) is 31.1 Å². The highest BCUT2D eigenvalue weighted by Crippen LogP contribution is 2.20. The number of rotatable bonds is 3. The van der Waals surface area contributed by atoms with Gasteiger partial charge in [-0.05, 0) is 36.2 Å². The standard InChI is InChI=1S/C18H22N2O/c21-18-9-7-17(8-10-18)20-12-4-11-19(13-14-20)15-16-5-2-1-3-6-16/h1-3,5-10,21H,4,11-15H2. The van der Waals surface area contributed by atoms with Gasteiger partial charge in [-0.25, -0.2) is 0 Å². The summed E-state index contributed by atoms with van der Waals surface area (Å²) in [6.45, 7) is 5.37. The number of benzene rings is 2. The van der Waals surface area contributed by atoms with Crippen molar-refractivity contribution in [3.63, 3.8) is 0 Å². The summed E-state index contributed by atoms with van der Waals surface area (Å²) in [6, 6.07) is 18.2. The number of phenolic OH excluding ortho intramolecular Hbond substituents is 1. The largest absolute Gasteiger partial charge is 0.508 e. The molecule has 0 spiro atoms. The zero-order chi connectivity index (χ0) is 14.5. The predicted octanol–water partition coefficient (Wildman–Crippen LogP) is 3.10. The van der Waals surface area contributed by atoms with Crippen LogP contribution in [-0.4, -0.2) is 36.2 Å². The lowest BCUT2D eigenvalue weighted by Crippen LogP contribution is -2.30. The van der Waals surface area contributed by atoms with Crippen molar-refractivity contribution in [3.05, 3.63) is 60.2 Å². The van der Waals surface area contributed by atoms with Crippen molar-refractivity contribution >= 4 is 5.69 Å². The third kappa shape index (κ3) is 3.76. The number of aromatic hydroxyl groups is 1. The first-order chi connectivity index (χ1) is 10.3. The van der Waals surface area contributed by atoms with Gasteiger partial charge in [-0.15, -0.1) is 0 Å². The molecule has 1 aliphatic rings. The average Bonchev–Trinajstić information content (AvgIpc) is 2.75. The molecular formula is C18H22N2O. The van der Waals surface area contributed by atoms with E-state index in [9.17, 15) is 5.11 Å². The molecule has 1 aliphatic heterocycles. The van der Waals surface area contributed by atoms with E-state index in [1.165, 1.54) is 17.7 Å². The van der Waals surface area contributed by atoms with Crippen LogP contribution >= 0.6 is 0 Å². The van der Waals surface area contributed by atoms with E-state index >= 15 is 0 Å². The minimum atomic E-state index is 0.333. The molecule has 1 N–H and O–H groups in total. The molecule has 0 atom stereocenters. The van der Waals surface area contributed by atoms with Crippen molar-refractivity contribution in [1.82, 2.24) is 4.90 Å². The highest BCUT2D eigenvalue weighted by atomic mass is 16.3. The van der Waals surface area contributed by atoms with E-state index in [1.807, 2.05) is 12.1 Å². The van der Waals surface area contributed by atoms with E-state index in [0.29, 0.717) is 5.75 Å². The van der Waals surface area contributed by atoms with Crippen LogP contribution in [0.25, 0.3) is 0 Å². The van der Waals surface area contributed by atoms with E-state index in [-0.39, 0.29) is 0 Å². The lowest BCUT2D eigenvalue weighted by molar-refractivity contribution is 0.285. The Bertz CT molecular complexity index is 553. The summed E-state index contributed by atoms with van der Waals surface area (Å²) < 4.78 is 0. The maximum Gasteiger partial charge on any atom is 0.115 e. The minimum Gasteiger partial charge on any atom is -0.508 e. The van der Waals surface area contributed by atoms with Gasteiger partial charge >= 0.3 is 0 Å². The number of anilines is 1. The zero-order valence-corrected chi connectivity index (χ0v) is 12.3. The Morgan fingerprint density at radius 1 is 0.810 bits per heavy atom. The average molecular weight is 282 g/mol. The highest BCUT2D eigenvalue weighted by molar-refractivity contribution is 5.48. The van der Waals surface area contributed by atoms with E-state index in [4.69, 9.17) is 0 Å². The van der Waals surface area contributed by atoms with Gasteiger partial charge < -0.3 is 10.0 Å². The summed E-state index contributed by atoms with van der Waals surface area (Å²) in [4.78, 5) is 4.93. The summed E-state index contributed by atoms with van der Waals surface area (Å²) in [5.74, 6) is 0.333. The molecule has 1 heterocycles. The molecule has 3 heteroatoms. The normalized spacial score (nSPS) is 16.7. The summed E-state index contributed by atoms with van der Waals surface area (Å²) in [7, 11) is 0. The number of hydrogen-bond acceptors (Lipinski definition) is 3. The smallest absolute Gasteiger partial charge is 0.115 e. The molecule has 0 aliphatic carbocycles. The Balaban J connectivity index is 1.60. The number of nitrogens with zero attached hydrogens (tertiary/aromatic N) is 2. The molecule has 3 nitrogen and oxygen atoms in total. The number of hydrogen-bond donors (Lipinski definition) is 1. The van der Waals surface area contributed by atoms with Crippen molar-refractivity contribution in [3.8, 4) is 5.75 Å².